The predicted octanol–water partition coefficient (Wildman–Crippen LogP) is 3.82. The maximum atomic E-state index is 4.52. The topological polar surface area (TPSA) is 24.9 Å². The molecule has 0 saturated carbocycles. The van der Waals surface area contributed by atoms with Crippen LogP contribution in [0.25, 0.3) is 0 Å². The van der Waals surface area contributed by atoms with E-state index in [-0.39, 0.29) is 0 Å². The average molecular weight is 317 g/mol. The van der Waals surface area contributed by atoms with E-state index in [2.05, 4.69) is 50.7 Å². The Hall–Kier alpha value is -0.230. The minimum atomic E-state index is 0.853. The van der Waals surface area contributed by atoms with Gasteiger partial charge in [-0.2, -0.15) is 0 Å². The summed E-state index contributed by atoms with van der Waals surface area (Å²) in [5.41, 5.74) is 1.15. The number of thiophene rings is 1. The van der Waals surface area contributed by atoms with E-state index in [0.29, 0.717) is 0 Å². The molecule has 0 aliphatic rings. The van der Waals surface area contributed by atoms with E-state index < -0.39 is 0 Å². The first kappa shape index (κ1) is 12.2. The zero-order valence-electron chi connectivity index (χ0n) is 9.00. The fraction of sp³-hybridized carbons (Fsp3) is 0.364. The minimum Gasteiger partial charge on any atom is -0.306 e. The van der Waals surface area contributed by atoms with Crippen molar-refractivity contribution in [3.8, 4) is 0 Å². The van der Waals surface area contributed by atoms with E-state index >= 15 is 0 Å². The molecule has 0 saturated heterocycles. The number of hydrogen-bond donors (Lipinski definition) is 1. The van der Waals surface area contributed by atoms with Gasteiger partial charge in [-0.1, -0.05) is 6.92 Å². The second-order valence-electron chi connectivity index (χ2n) is 3.40. The molecule has 2 heterocycles. The predicted molar refractivity (Wildman–Crippen MR) is 74.1 cm³/mol. The fourth-order valence-electron chi connectivity index (χ4n) is 1.35. The summed E-state index contributed by atoms with van der Waals surface area (Å²) < 4.78 is 1.19. The zero-order valence-corrected chi connectivity index (χ0v) is 12.2. The Morgan fingerprint density at radius 1 is 1.38 bits per heavy atom. The largest absolute Gasteiger partial charge is 0.306 e. The van der Waals surface area contributed by atoms with Gasteiger partial charge in [0, 0.05) is 23.3 Å². The van der Waals surface area contributed by atoms with Crippen molar-refractivity contribution in [3.63, 3.8) is 0 Å². The number of aromatic nitrogens is 1. The highest BCUT2D eigenvalue weighted by Crippen LogP contribution is 2.21. The third-order valence-electron chi connectivity index (χ3n) is 2.14. The van der Waals surface area contributed by atoms with Crippen LogP contribution in [0.1, 0.15) is 22.5 Å². The second-order valence-corrected chi connectivity index (χ2v) is 6.89. The van der Waals surface area contributed by atoms with Crippen molar-refractivity contribution >= 4 is 38.6 Å². The first-order valence-electron chi connectivity index (χ1n) is 5.16. The van der Waals surface area contributed by atoms with Crippen LogP contribution in [0.4, 0.5) is 0 Å². The van der Waals surface area contributed by atoms with Crippen molar-refractivity contribution in [1.82, 2.24) is 10.3 Å². The molecule has 0 amide bonds. The maximum Gasteiger partial charge on any atom is 0.0926 e. The van der Waals surface area contributed by atoms with Crippen LogP contribution in [-0.4, -0.2) is 4.98 Å². The molecule has 1 N–H and O–H groups in total. The van der Waals surface area contributed by atoms with Crippen molar-refractivity contribution in [2.24, 2.45) is 0 Å². The smallest absolute Gasteiger partial charge is 0.0926 e. The minimum absolute atomic E-state index is 0.853. The molecule has 0 radical (unpaired) electrons. The second kappa shape index (κ2) is 5.91. The first-order valence-corrected chi connectivity index (χ1v) is 7.65. The highest BCUT2D eigenvalue weighted by Gasteiger charge is 2.01. The molecular weight excluding hydrogens is 304 g/mol. The van der Waals surface area contributed by atoms with Gasteiger partial charge in [-0.3, -0.25) is 0 Å². The van der Waals surface area contributed by atoms with Gasteiger partial charge in [-0.15, -0.1) is 22.7 Å². The van der Waals surface area contributed by atoms with Gasteiger partial charge in [-0.25, -0.2) is 4.98 Å². The Morgan fingerprint density at radius 3 is 2.88 bits per heavy atom. The zero-order chi connectivity index (χ0) is 11.4. The Bertz CT molecular complexity index is 450. The van der Waals surface area contributed by atoms with E-state index in [0.717, 1.165) is 25.2 Å². The van der Waals surface area contributed by atoms with Crippen molar-refractivity contribution in [1.29, 1.82) is 0 Å². The molecule has 0 fully saturated rings. The lowest BCUT2D eigenvalue weighted by Gasteiger charge is -1.99. The highest BCUT2D eigenvalue weighted by atomic mass is 79.9. The number of nitrogens with zero attached hydrogens (tertiary/aromatic N) is 1. The van der Waals surface area contributed by atoms with Crippen LogP contribution >= 0.6 is 38.6 Å². The van der Waals surface area contributed by atoms with E-state index in [1.807, 2.05) is 0 Å². The van der Waals surface area contributed by atoms with Crippen molar-refractivity contribution in [2.45, 2.75) is 26.4 Å². The lowest BCUT2D eigenvalue weighted by molar-refractivity contribution is 0.688. The Labute approximate surface area is 112 Å². The van der Waals surface area contributed by atoms with E-state index in [1.165, 1.54) is 13.7 Å². The molecule has 2 aromatic heterocycles. The summed E-state index contributed by atoms with van der Waals surface area (Å²) in [7, 11) is 0. The quantitative estimate of drug-likeness (QED) is 0.907. The molecule has 16 heavy (non-hydrogen) atoms. The SMILES string of the molecule is CCc1nc(CNCc2ccc(Br)s2)cs1. The Morgan fingerprint density at radius 2 is 2.25 bits per heavy atom. The molecule has 0 aliphatic carbocycles. The van der Waals surface area contributed by atoms with Crippen molar-refractivity contribution < 1.29 is 0 Å². The van der Waals surface area contributed by atoms with Gasteiger partial charge in [0.2, 0.25) is 0 Å². The lowest BCUT2D eigenvalue weighted by Crippen LogP contribution is -2.11. The molecule has 0 unspecified atom stereocenters. The molecule has 2 rings (SSSR count). The van der Waals surface area contributed by atoms with Gasteiger partial charge in [-0.05, 0) is 34.5 Å². The molecule has 2 nitrogen and oxygen atoms in total. The fourth-order valence-corrected chi connectivity index (χ4v) is 3.55. The van der Waals surface area contributed by atoms with E-state index in [9.17, 15) is 0 Å². The molecule has 0 bridgehead atoms. The van der Waals surface area contributed by atoms with Crippen LogP contribution in [0, 0.1) is 0 Å². The summed E-state index contributed by atoms with van der Waals surface area (Å²) in [6.45, 7) is 3.90. The molecule has 2 aromatic rings. The van der Waals surface area contributed by atoms with Gasteiger partial charge in [0.05, 0.1) is 14.5 Å². The number of thiazole rings is 1. The molecule has 0 atom stereocenters. The van der Waals surface area contributed by atoms with Gasteiger partial charge in [0.25, 0.3) is 0 Å². The summed E-state index contributed by atoms with van der Waals surface area (Å²) in [5.74, 6) is 0. The Balaban J connectivity index is 1.79. The summed E-state index contributed by atoms with van der Waals surface area (Å²) >= 11 is 6.97. The van der Waals surface area contributed by atoms with Crippen molar-refractivity contribution in [3.05, 3.63) is 36.9 Å². The van der Waals surface area contributed by atoms with Crippen LogP contribution in [0.3, 0.4) is 0 Å². The molecule has 86 valence electrons. The van der Waals surface area contributed by atoms with Gasteiger partial charge < -0.3 is 5.32 Å². The monoisotopic (exact) mass is 316 g/mol. The summed E-state index contributed by atoms with van der Waals surface area (Å²) in [6, 6.07) is 4.22. The number of hydrogen-bond acceptors (Lipinski definition) is 4. The Kier molecular flexibility index (Phi) is 4.52. The van der Waals surface area contributed by atoms with Crippen LogP contribution in [-0.2, 0) is 19.5 Å². The lowest BCUT2D eigenvalue weighted by atomic mass is 10.4. The van der Waals surface area contributed by atoms with E-state index in [1.54, 1.807) is 22.7 Å². The number of rotatable bonds is 5. The van der Waals surface area contributed by atoms with Gasteiger partial charge >= 0.3 is 0 Å². The summed E-state index contributed by atoms with van der Waals surface area (Å²) in [6.07, 6.45) is 1.03. The average Bonchev–Trinajstić information content (AvgIpc) is 2.88. The highest BCUT2D eigenvalue weighted by molar-refractivity contribution is 9.11. The van der Waals surface area contributed by atoms with Gasteiger partial charge in [0.1, 0.15) is 0 Å². The van der Waals surface area contributed by atoms with Crippen LogP contribution in [0.5, 0.6) is 0 Å². The standard InChI is InChI=1S/C11H13BrN2S2/c1-2-11-14-8(7-15-11)5-13-6-9-3-4-10(12)16-9/h3-4,7,13H,2,5-6H2,1H3. The number of aryl methyl sites for hydroxylation is 1. The van der Waals surface area contributed by atoms with Crippen LogP contribution in [0.2, 0.25) is 0 Å². The van der Waals surface area contributed by atoms with Crippen molar-refractivity contribution in [2.75, 3.05) is 0 Å². The van der Waals surface area contributed by atoms with Crippen LogP contribution in [0.15, 0.2) is 21.3 Å². The molecule has 5 heteroatoms. The first-order chi connectivity index (χ1) is 7.78. The number of halogens is 1. The normalized spacial score (nSPS) is 10.9. The van der Waals surface area contributed by atoms with Gasteiger partial charge in [0.15, 0.2) is 0 Å². The summed E-state index contributed by atoms with van der Waals surface area (Å²) in [5, 5.41) is 6.76. The van der Waals surface area contributed by atoms with Crippen LogP contribution < -0.4 is 5.32 Å². The maximum absolute atomic E-state index is 4.52. The number of nitrogens with one attached hydrogen (secondary N) is 1. The summed E-state index contributed by atoms with van der Waals surface area (Å²) in [4.78, 5) is 5.86. The molecule has 0 spiro atoms. The van der Waals surface area contributed by atoms with E-state index in [4.69, 9.17) is 0 Å². The third-order valence-corrected chi connectivity index (χ3v) is 4.80. The molecular formula is C11H13BrN2S2. The molecule has 0 aromatic carbocycles. The third kappa shape index (κ3) is 3.38. The molecule has 0 aliphatic heterocycles.